The van der Waals surface area contributed by atoms with E-state index >= 15 is 0 Å². The van der Waals surface area contributed by atoms with E-state index in [0.717, 1.165) is 29.5 Å². The summed E-state index contributed by atoms with van der Waals surface area (Å²) in [7, 11) is 0. The standard InChI is InChI=1S/C21H21ClN4O6S/c1-3-32-21(29)17-13-6-4-11(2)8-16(13)33-20(17)24-18(27)19(28)25-23-10-12-5-7-14(22)15(9-12)26(30)31/h5,7,9-11H,3-4,6,8H2,1-2H3,(H,24,27)(H,25,28). The third-order valence-electron chi connectivity index (χ3n) is 4.97. The molecule has 0 aliphatic heterocycles. The molecule has 174 valence electrons. The molecule has 1 aliphatic rings. The maximum atomic E-state index is 12.5. The maximum Gasteiger partial charge on any atom is 0.341 e. The van der Waals surface area contributed by atoms with Crippen LogP contribution in [0.15, 0.2) is 23.3 Å². The van der Waals surface area contributed by atoms with Crippen molar-refractivity contribution >= 4 is 57.6 Å². The van der Waals surface area contributed by atoms with Crippen molar-refractivity contribution < 1.29 is 24.0 Å². The van der Waals surface area contributed by atoms with Gasteiger partial charge in [0.2, 0.25) is 0 Å². The van der Waals surface area contributed by atoms with E-state index in [-0.39, 0.29) is 22.3 Å². The van der Waals surface area contributed by atoms with Crippen LogP contribution in [0.5, 0.6) is 0 Å². The van der Waals surface area contributed by atoms with Crippen LogP contribution >= 0.6 is 22.9 Å². The molecular weight excluding hydrogens is 472 g/mol. The summed E-state index contributed by atoms with van der Waals surface area (Å²) in [6.07, 6.45) is 3.54. The summed E-state index contributed by atoms with van der Waals surface area (Å²) in [5.74, 6) is -2.16. The lowest BCUT2D eigenvalue weighted by atomic mass is 9.88. The SMILES string of the molecule is CCOC(=O)c1c(NC(=O)C(=O)NN=Cc2ccc(Cl)c([N+](=O)[O-])c2)sc2c1CCC(C)C2. The molecule has 1 heterocycles. The molecular formula is C21H21ClN4O6S. The number of carbonyl (C=O) groups is 3. The number of esters is 1. The highest BCUT2D eigenvalue weighted by Crippen LogP contribution is 2.40. The number of hydrogen-bond donors (Lipinski definition) is 2. The number of nitro groups is 1. The van der Waals surface area contributed by atoms with Crippen molar-refractivity contribution in [3.05, 3.63) is 54.9 Å². The van der Waals surface area contributed by atoms with Gasteiger partial charge in [0.1, 0.15) is 10.0 Å². The Morgan fingerprint density at radius 1 is 1.36 bits per heavy atom. The van der Waals surface area contributed by atoms with E-state index in [9.17, 15) is 24.5 Å². The summed E-state index contributed by atoms with van der Waals surface area (Å²) in [6, 6.07) is 3.97. The molecule has 0 spiro atoms. The van der Waals surface area contributed by atoms with Crippen LogP contribution in [0, 0.1) is 16.0 Å². The second-order valence-corrected chi connectivity index (χ2v) is 8.91. The maximum absolute atomic E-state index is 12.5. The first-order chi connectivity index (χ1) is 15.7. The second-order valence-electron chi connectivity index (χ2n) is 7.40. The number of rotatable bonds is 6. The van der Waals surface area contributed by atoms with Crippen molar-refractivity contribution in [3.63, 3.8) is 0 Å². The largest absolute Gasteiger partial charge is 0.462 e. The molecule has 0 saturated heterocycles. The zero-order valence-corrected chi connectivity index (χ0v) is 19.4. The first-order valence-electron chi connectivity index (χ1n) is 10.1. The van der Waals surface area contributed by atoms with Gasteiger partial charge in [0.25, 0.3) is 5.69 Å². The minimum absolute atomic E-state index is 0.0361. The molecule has 2 N–H and O–H groups in total. The lowest BCUT2D eigenvalue weighted by Crippen LogP contribution is -2.32. The van der Waals surface area contributed by atoms with Crippen LogP contribution in [0.4, 0.5) is 10.7 Å². The van der Waals surface area contributed by atoms with Gasteiger partial charge in [0, 0.05) is 16.5 Å². The molecule has 0 radical (unpaired) electrons. The molecule has 1 aliphatic carbocycles. The van der Waals surface area contributed by atoms with Crippen molar-refractivity contribution in [1.29, 1.82) is 0 Å². The molecule has 1 aromatic carbocycles. The summed E-state index contributed by atoms with van der Waals surface area (Å²) in [5, 5.41) is 17.3. The van der Waals surface area contributed by atoms with Gasteiger partial charge < -0.3 is 10.1 Å². The number of halogens is 1. The predicted molar refractivity (Wildman–Crippen MR) is 124 cm³/mol. The van der Waals surface area contributed by atoms with Crippen molar-refractivity contribution in [3.8, 4) is 0 Å². The Morgan fingerprint density at radius 2 is 2.12 bits per heavy atom. The molecule has 0 bridgehead atoms. The van der Waals surface area contributed by atoms with E-state index in [4.69, 9.17) is 16.3 Å². The summed E-state index contributed by atoms with van der Waals surface area (Å²) in [4.78, 5) is 48.4. The minimum atomic E-state index is -1.07. The number of ether oxygens (including phenoxy) is 1. The average Bonchev–Trinajstić information content (AvgIpc) is 3.11. The Kier molecular flexibility index (Phi) is 7.77. The normalized spacial score (nSPS) is 15.1. The number of hydrazone groups is 1. The number of amides is 2. The van der Waals surface area contributed by atoms with Crippen LogP contribution in [0.3, 0.4) is 0 Å². The fourth-order valence-electron chi connectivity index (χ4n) is 3.38. The number of carbonyl (C=O) groups excluding carboxylic acids is 3. The zero-order valence-electron chi connectivity index (χ0n) is 17.8. The summed E-state index contributed by atoms with van der Waals surface area (Å²) >= 11 is 7.02. The Morgan fingerprint density at radius 3 is 2.82 bits per heavy atom. The van der Waals surface area contributed by atoms with Crippen LogP contribution in [-0.4, -0.2) is 35.5 Å². The van der Waals surface area contributed by atoms with Gasteiger partial charge in [-0.25, -0.2) is 10.2 Å². The van der Waals surface area contributed by atoms with E-state index in [0.29, 0.717) is 23.5 Å². The number of nitrogens with one attached hydrogen (secondary N) is 2. The van der Waals surface area contributed by atoms with E-state index in [1.165, 1.54) is 29.5 Å². The molecule has 1 atom stereocenters. The van der Waals surface area contributed by atoms with Gasteiger partial charge >= 0.3 is 17.8 Å². The molecule has 1 unspecified atom stereocenters. The monoisotopic (exact) mass is 492 g/mol. The first-order valence-corrected chi connectivity index (χ1v) is 11.3. The fraction of sp³-hybridized carbons (Fsp3) is 0.333. The molecule has 3 rings (SSSR count). The Labute approximate surface area is 198 Å². The molecule has 12 heteroatoms. The Hall–Kier alpha value is -3.31. The minimum Gasteiger partial charge on any atom is -0.462 e. The van der Waals surface area contributed by atoms with Gasteiger partial charge in [-0.05, 0) is 43.7 Å². The predicted octanol–water partition coefficient (Wildman–Crippen LogP) is 3.70. The highest BCUT2D eigenvalue weighted by molar-refractivity contribution is 7.17. The van der Waals surface area contributed by atoms with E-state index in [1.54, 1.807) is 6.92 Å². The van der Waals surface area contributed by atoms with Crippen LogP contribution < -0.4 is 10.7 Å². The van der Waals surface area contributed by atoms with Crippen molar-refractivity contribution in [2.45, 2.75) is 33.1 Å². The van der Waals surface area contributed by atoms with Crippen LogP contribution in [0.2, 0.25) is 5.02 Å². The van der Waals surface area contributed by atoms with E-state index < -0.39 is 22.7 Å². The van der Waals surface area contributed by atoms with Crippen molar-refractivity contribution in [2.75, 3.05) is 11.9 Å². The van der Waals surface area contributed by atoms with E-state index in [2.05, 4.69) is 22.8 Å². The number of nitro benzene ring substituents is 1. The number of fused-ring (bicyclic) bond motifs is 1. The van der Waals surface area contributed by atoms with Gasteiger partial charge in [0.05, 0.1) is 23.3 Å². The third kappa shape index (κ3) is 5.74. The molecule has 0 fully saturated rings. The van der Waals surface area contributed by atoms with Gasteiger partial charge in [-0.3, -0.25) is 19.7 Å². The topological polar surface area (TPSA) is 140 Å². The lowest BCUT2D eigenvalue weighted by molar-refractivity contribution is -0.384. The molecule has 10 nitrogen and oxygen atoms in total. The highest BCUT2D eigenvalue weighted by atomic mass is 35.5. The summed E-state index contributed by atoms with van der Waals surface area (Å²) in [6.45, 7) is 3.99. The van der Waals surface area contributed by atoms with E-state index in [1.807, 2.05) is 0 Å². The zero-order chi connectivity index (χ0) is 24.1. The lowest BCUT2D eigenvalue weighted by Gasteiger charge is -2.18. The average molecular weight is 493 g/mol. The van der Waals surface area contributed by atoms with Gasteiger partial charge in [-0.2, -0.15) is 5.10 Å². The second kappa shape index (κ2) is 10.5. The van der Waals surface area contributed by atoms with Crippen LogP contribution in [0.1, 0.15) is 46.6 Å². The molecule has 2 aromatic rings. The summed E-state index contributed by atoms with van der Waals surface area (Å²) in [5.41, 5.74) is 3.20. The van der Waals surface area contributed by atoms with Gasteiger partial charge in [-0.15, -0.1) is 11.3 Å². The summed E-state index contributed by atoms with van der Waals surface area (Å²) < 4.78 is 5.15. The Balaban J connectivity index is 1.71. The molecule has 1 aromatic heterocycles. The molecule has 2 amide bonds. The number of nitrogens with zero attached hydrogens (tertiary/aromatic N) is 2. The number of thiophene rings is 1. The van der Waals surface area contributed by atoms with Crippen LogP contribution in [0.25, 0.3) is 0 Å². The number of anilines is 1. The Bertz CT molecular complexity index is 1150. The first kappa shape index (κ1) is 24.3. The number of hydrogen-bond acceptors (Lipinski definition) is 8. The number of benzene rings is 1. The van der Waals surface area contributed by atoms with Gasteiger partial charge in [-0.1, -0.05) is 24.6 Å². The van der Waals surface area contributed by atoms with Crippen molar-refractivity contribution in [2.24, 2.45) is 11.0 Å². The van der Waals surface area contributed by atoms with Crippen molar-refractivity contribution in [1.82, 2.24) is 5.43 Å². The molecule has 33 heavy (non-hydrogen) atoms. The van der Waals surface area contributed by atoms with Gasteiger partial charge in [0.15, 0.2) is 0 Å². The quantitative estimate of drug-likeness (QED) is 0.207. The highest BCUT2D eigenvalue weighted by Gasteiger charge is 2.30. The van der Waals surface area contributed by atoms with Crippen LogP contribution in [-0.2, 0) is 27.2 Å². The fourth-order valence-corrected chi connectivity index (χ4v) is 4.96. The third-order valence-corrected chi connectivity index (χ3v) is 6.46. The molecule has 0 saturated carbocycles. The smallest absolute Gasteiger partial charge is 0.341 e.